The van der Waals surface area contributed by atoms with Crippen LogP contribution in [0.15, 0.2) is 24.5 Å². The number of Topliss-reactive ketones (excluding diaryl/α,β-unsaturated/α-hetero) is 1. The maximum atomic E-state index is 11.9. The number of carbonyl (C=O) groups is 1. The Balaban J connectivity index is 3.09. The summed E-state index contributed by atoms with van der Waals surface area (Å²) < 4.78 is 0. The molecular formula is C14H20N2O. The molecule has 0 aromatic carbocycles. The van der Waals surface area contributed by atoms with Crippen LogP contribution in [-0.4, -0.2) is 29.8 Å². The van der Waals surface area contributed by atoms with Crippen LogP contribution in [0.1, 0.15) is 31.5 Å². The van der Waals surface area contributed by atoms with Gasteiger partial charge in [0.05, 0.1) is 11.3 Å². The van der Waals surface area contributed by atoms with Crippen LogP contribution in [-0.2, 0) is 11.2 Å². The lowest BCUT2D eigenvalue weighted by Gasteiger charge is -2.10. The largest absolute Gasteiger partial charge is 0.383 e. The fourth-order valence-electron chi connectivity index (χ4n) is 1.52. The highest BCUT2D eigenvalue weighted by Gasteiger charge is 2.11. The second kappa shape index (κ2) is 6.18. The van der Waals surface area contributed by atoms with Gasteiger partial charge in [-0.3, -0.25) is 9.78 Å². The number of rotatable bonds is 5. The van der Waals surface area contributed by atoms with E-state index in [4.69, 9.17) is 0 Å². The highest BCUT2D eigenvalue weighted by molar-refractivity contribution is 6.19. The van der Waals surface area contributed by atoms with Crippen molar-refractivity contribution in [2.75, 3.05) is 14.1 Å². The standard InChI is InChI=1S/C14H20N2O/c1-5-11-7-8-13(15-9-11)12(10-16(3)4)14(17)6-2/h7-10H,5-6H2,1-4H3. The Bertz CT molecular complexity index is 405. The van der Waals surface area contributed by atoms with Crippen LogP contribution >= 0.6 is 0 Å². The average Bonchev–Trinajstić information content (AvgIpc) is 2.35. The van der Waals surface area contributed by atoms with Gasteiger partial charge in [0.25, 0.3) is 0 Å². The SMILES string of the molecule is CCC(=O)C(=CN(C)C)c1ccc(CC)cn1. The summed E-state index contributed by atoms with van der Waals surface area (Å²) in [7, 11) is 3.81. The molecule has 0 bridgehead atoms. The molecule has 17 heavy (non-hydrogen) atoms. The van der Waals surface area contributed by atoms with Crippen molar-refractivity contribution in [1.82, 2.24) is 9.88 Å². The predicted molar refractivity (Wildman–Crippen MR) is 70.6 cm³/mol. The number of ketones is 1. The molecule has 0 amide bonds. The van der Waals surface area contributed by atoms with E-state index in [0.29, 0.717) is 12.0 Å². The van der Waals surface area contributed by atoms with Crippen molar-refractivity contribution in [3.8, 4) is 0 Å². The lowest BCUT2D eigenvalue weighted by atomic mass is 10.1. The number of hydrogen-bond acceptors (Lipinski definition) is 3. The Labute approximate surface area is 103 Å². The van der Waals surface area contributed by atoms with Gasteiger partial charge in [-0.1, -0.05) is 19.9 Å². The second-order valence-corrected chi connectivity index (χ2v) is 4.19. The third kappa shape index (κ3) is 3.70. The monoisotopic (exact) mass is 232 g/mol. The first-order chi connectivity index (χ1) is 8.08. The summed E-state index contributed by atoms with van der Waals surface area (Å²) in [5, 5.41) is 0. The van der Waals surface area contributed by atoms with E-state index in [2.05, 4.69) is 11.9 Å². The molecule has 0 saturated carbocycles. The summed E-state index contributed by atoms with van der Waals surface area (Å²) in [5.41, 5.74) is 2.62. The maximum absolute atomic E-state index is 11.9. The van der Waals surface area contributed by atoms with Gasteiger partial charge >= 0.3 is 0 Å². The van der Waals surface area contributed by atoms with Crippen molar-refractivity contribution in [2.45, 2.75) is 26.7 Å². The predicted octanol–water partition coefficient (Wildman–Crippen LogP) is 2.53. The summed E-state index contributed by atoms with van der Waals surface area (Å²) in [6, 6.07) is 3.94. The number of pyridine rings is 1. The molecule has 3 nitrogen and oxygen atoms in total. The normalized spacial score (nSPS) is 11.4. The van der Waals surface area contributed by atoms with Gasteiger partial charge in [-0.05, 0) is 18.1 Å². The van der Waals surface area contributed by atoms with Crippen LogP contribution in [0.4, 0.5) is 0 Å². The molecular weight excluding hydrogens is 212 g/mol. The molecule has 0 aliphatic carbocycles. The zero-order chi connectivity index (χ0) is 12.8. The Morgan fingerprint density at radius 2 is 2.06 bits per heavy atom. The summed E-state index contributed by atoms with van der Waals surface area (Å²) in [4.78, 5) is 18.1. The highest BCUT2D eigenvalue weighted by Crippen LogP contribution is 2.15. The molecule has 0 spiro atoms. The van der Waals surface area contributed by atoms with Gasteiger partial charge in [0.15, 0.2) is 5.78 Å². The molecule has 0 N–H and O–H groups in total. The Kier molecular flexibility index (Phi) is 4.88. The van der Waals surface area contributed by atoms with Gasteiger partial charge in [-0.15, -0.1) is 0 Å². The average molecular weight is 232 g/mol. The number of carbonyl (C=O) groups excluding carboxylic acids is 1. The molecule has 0 fully saturated rings. The van der Waals surface area contributed by atoms with Crippen molar-refractivity contribution in [3.05, 3.63) is 35.8 Å². The Hall–Kier alpha value is -1.64. The molecule has 0 aliphatic heterocycles. The van der Waals surface area contributed by atoms with E-state index in [-0.39, 0.29) is 5.78 Å². The van der Waals surface area contributed by atoms with Crippen LogP contribution in [0, 0.1) is 0 Å². The van der Waals surface area contributed by atoms with Gasteiger partial charge in [0.2, 0.25) is 0 Å². The summed E-state index contributed by atoms with van der Waals surface area (Å²) in [6.45, 7) is 3.96. The first kappa shape index (κ1) is 13.4. The third-order valence-corrected chi connectivity index (χ3v) is 2.52. The van der Waals surface area contributed by atoms with Crippen molar-refractivity contribution >= 4 is 11.4 Å². The number of allylic oxidation sites excluding steroid dienone is 1. The van der Waals surface area contributed by atoms with Crippen LogP contribution < -0.4 is 0 Å². The zero-order valence-electron chi connectivity index (χ0n) is 11.0. The van der Waals surface area contributed by atoms with Crippen molar-refractivity contribution < 1.29 is 4.79 Å². The fraction of sp³-hybridized carbons (Fsp3) is 0.429. The van der Waals surface area contributed by atoms with Crippen molar-refractivity contribution in [1.29, 1.82) is 0 Å². The van der Waals surface area contributed by atoms with E-state index in [1.165, 1.54) is 5.56 Å². The van der Waals surface area contributed by atoms with Crippen LogP contribution in [0.5, 0.6) is 0 Å². The van der Waals surface area contributed by atoms with Crippen LogP contribution in [0.3, 0.4) is 0 Å². The molecule has 0 atom stereocenters. The minimum absolute atomic E-state index is 0.121. The molecule has 0 unspecified atom stereocenters. The summed E-state index contributed by atoms with van der Waals surface area (Å²) >= 11 is 0. The zero-order valence-corrected chi connectivity index (χ0v) is 11.0. The number of aromatic nitrogens is 1. The van der Waals surface area contributed by atoms with E-state index in [9.17, 15) is 4.79 Å². The minimum Gasteiger partial charge on any atom is -0.383 e. The van der Waals surface area contributed by atoms with E-state index in [1.807, 2.05) is 50.4 Å². The molecule has 0 radical (unpaired) electrons. The van der Waals surface area contributed by atoms with E-state index < -0.39 is 0 Å². The maximum Gasteiger partial charge on any atom is 0.166 e. The molecule has 1 aromatic rings. The van der Waals surface area contributed by atoms with Crippen LogP contribution in [0.25, 0.3) is 5.57 Å². The van der Waals surface area contributed by atoms with E-state index in [0.717, 1.165) is 12.1 Å². The fourth-order valence-corrected chi connectivity index (χ4v) is 1.52. The van der Waals surface area contributed by atoms with Gasteiger partial charge in [-0.2, -0.15) is 0 Å². The molecule has 0 saturated heterocycles. The second-order valence-electron chi connectivity index (χ2n) is 4.19. The number of nitrogens with zero attached hydrogens (tertiary/aromatic N) is 2. The van der Waals surface area contributed by atoms with Crippen LogP contribution in [0.2, 0.25) is 0 Å². The first-order valence-corrected chi connectivity index (χ1v) is 5.95. The first-order valence-electron chi connectivity index (χ1n) is 5.95. The summed E-state index contributed by atoms with van der Waals surface area (Å²) in [6.07, 6.45) is 5.13. The van der Waals surface area contributed by atoms with Gasteiger partial charge in [0, 0.05) is 32.9 Å². The number of hydrogen-bond donors (Lipinski definition) is 0. The van der Waals surface area contributed by atoms with Gasteiger partial charge < -0.3 is 4.90 Å². The molecule has 1 aromatic heterocycles. The highest BCUT2D eigenvalue weighted by atomic mass is 16.1. The third-order valence-electron chi connectivity index (χ3n) is 2.52. The molecule has 3 heteroatoms. The number of aryl methyl sites for hydroxylation is 1. The Morgan fingerprint density at radius 1 is 1.35 bits per heavy atom. The minimum atomic E-state index is 0.121. The molecule has 1 heterocycles. The van der Waals surface area contributed by atoms with Crippen molar-refractivity contribution in [2.24, 2.45) is 0 Å². The molecule has 92 valence electrons. The summed E-state index contributed by atoms with van der Waals surface area (Å²) in [5.74, 6) is 0.121. The van der Waals surface area contributed by atoms with E-state index in [1.54, 1.807) is 0 Å². The van der Waals surface area contributed by atoms with Crippen molar-refractivity contribution in [3.63, 3.8) is 0 Å². The van der Waals surface area contributed by atoms with Gasteiger partial charge in [-0.25, -0.2) is 0 Å². The lowest BCUT2D eigenvalue weighted by Crippen LogP contribution is -2.09. The lowest BCUT2D eigenvalue weighted by molar-refractivity contribution is -0.113. The van der Waals surface area contributed by atoms with E-state index >= 15 is 0 Å². The quantitative estimate of drug-likeness (QED) is 0.731. The topological polar surface area (TPSA) is 33.2 Å². The molecule has 0 aliphatic rings. The van der Waals surface area contributed by atoms with Gasteiger partial charge in [0.1, 0.15) is 0 Å². The Morgan fingerprint density at radius 3 is 2.47 bits per heavy atom. The molecule has 1 rings (SSSR count). The smallest absolute Gasteiger partial charge is 0.166 e.